The largest absolute Gasteiger partial charge is 0.396 e. The third-order valence-corrected chi connectivity index (χ3v) is 4.17. The molecule has 0 aliphatic carbocycles. The van der Waals surface area contributed by atoms with Gasteiger partial charge in [-0.25, -0.2) is 4.98 Å². The van der Waals surface area contributed by atoms with E-state index in [0.29, 0.717) is 11.3 Å². The van der Waals surface area contributed by atoms with E-state index in [9.17, 15) is 4.79 Å². The number of nitrogens with one attached hydrogen (secondary N) is 1. The van der Waals surface area contributed by atoms with Crippen LogP contribution in [0.5, 0.6) is 0 Å². The van der Waals surface area contributed by atoms with Crippen LogP contribution in [0.1, 0.15) is 23.0 Å². The first kappa shape index (κ1) is 13.2. The quantitative estimate of drug-likeness (QED) is 0.885. The van der Waals surface area contributed by atoms with Gasteiger partial charge in [-0.2, -0.15) is 11.3 Å². The lowest BCUT2D eigenvalue weighted by atomic mass is 10.2. The molecule has 96 valence electrons. The van der Waals surface area contributed by atoms with E-state index in [1.807, 2.05) is 23.8 Å². The van der Waals surface area contributed by atoms with Gasteiger partial charge in [0.15, 0.2) is 0 Å². The average molecular weight is 282 g/mol. The Morgan fingerprint density at radius 3 is 3.11 bits per heavy atom. The van der Waals surface area contributed by atoms with Crippen LogP contribution >= 0.6 is 22.7 Å². The summed E-state index contributed by atoms with van der Waals surface area (Å²) in [7, 11) is 0. The van der Waals surface area contributed by atoms with E-state index in [1.165, 1.54) is 11.3 Å². The van der Waals surface area contributed by atoms with Crippen molar-refractivity contribution >= 4 is 28.6 Å². The van der Waals surface area contributed by atoms with Crippen LogP contribution in [0, 0.1) is 0 Å². The van der Waals surface area contributed by atoms with Crippen molar-refractivity contribution in [1.82, 2.24) is 10.3 Å². The number of rotatable bonds is 5. The van der Waals surface area contributed by atoms with E-state index >= 15 is 0 Å². The molecule has 2 aromatic heterocycles. The summed E-state index contributed by atoms with van der Waals surface area (Å²) < 4.78 is 0. The molecular weight excluding hydrogens is 268 g/mol. The van der Waals surface area contributed by atoms with E-state index in [2.05, 4.69) is 10.3 Å². The standard InChI is InChI=1S/C12H14N2O2S2/c1-8(2-4-15)14-11(16)10-6-13-12(18-10)9-3-5-17-7-9/h3,5-8,15H,2,4H2,1H3,(H,14,16). The summed E-state index contributed by atoms with van der Waals surface area (Å²) >= 11 is 2.99. The van der Waals surface area contributed by atoms with Crippen LogP contribution < -0.4 is 5.32 Å². The highest BCUT2D eigenvalue weighted by molar-refractivity contribution is 7.17. The van der Waals surface area contributed by atoms with Crippen molar-refractivity contribution in [3.8, 4) is 10.6 Å². The first-order valence-electron chi connectivity index (χ1n) is 5.61. The smallest absolute Gasteiger partial charge is 0.263 e. The minimum Gasteiger partial charge on any atom is -0.396 e. The summed E-state index contributed by atoms with van der Waals surface area (Å²) in [6, 6.07) is 1.95. The highest BCUT2D eigenvalue weighted by Crippen LogP contribution is 2.26. The second-order valence-electron chi connectivity index (χ2n) is 3.93. The zero-order valence-corrected chi connectivity index (χ0v) is 11.6. The maximum atomic E-state index is 11.9. The normalized spacial score (nSPS) is 12.3. The number of nitrogens with zero attached hydrogens (tertiary/aromatic N) is 1. The molecule has 0 fully saturated rings. The SMILES string of the molecule is CC(CCO)NC(=O)c1cnc(-c2ccsc2)s1. The molecule has 2 rings (SSSR count). The number of aromatic nitrogens is 1. The van der Waals surface area contributed by atoms with Crippen LogP contribution in [0.3, 0.4) is 0 Å². The summed E-state index contributed by atoms with van der Waals surface area (Å²) in [5, 5.41) is 16.5. The molecule has 0 saturated heterocycles. The van der Waals surface area contributed by atoms with Gasteiger partial charge in [0, 0.05) is 23.6 Å². The fourth-order valence-corrected chi connectivity index (χ4v) is 2.99. The average Bonchev–Trinajstić information content (AvgIpc) is 3.00. The highest BCUT2D eigenvalue weighted by Gasteiger charge is 2.13. The van der Waals surface area contributed by atoms with E-state index in [1.54, 1.807) is 17.5 Å². The van der Waals surface area contributed by atoms with Gasteiger partial charge in [-0.15, -0.1) is 11.3 Å². The van der Waals surface area contributed by atoms with E-state index in [-0.39, 0.29) is 18.6 Å². The predicted octanol–water partition coefficient (Wildman–Crippen LogP) is 2.37. The van der Waals surface area contributed by atoms with Crippen molar-refractivity contribution in [2.75, 3.05) is 6.61 Å². The number of aliphatic hydroxyl groups excluding tert-OH is 1. The Hall–Kier alpha value is -1.24. The molecular formula is C12H14N2O2S2. The van der Waals surface area contributed by atoms with Gasteiger partial charge in [-0.1, -0.05) is 0 Å². The Balaban J connectivity index is 2.04. The molecule has 0 bridgehead atoms. The molecule has 0 spiro atoms. The van der Waals surface area contributed by atoms with Crippen molar-refractivity contribution < 1.29 is 9.90 Å². The highest BCUT2D eigenvalue weighted by atomic mass is 32.1. The number of thiazole rings is 1. The molecule has 0 aliphatic rings. The minimum atomic E-state index is -0.130. The number of aliphatic hydroxyl groups is 1. The number of carbonyl (C=O) groups is 1. The number of thiophene rings is 1. The van der Waals surface area contributed by atoms with Crippen LogP contribution in [0.2, 0.25) is 0 Å². The first-order valence-corrected chi connectivity index (χ1v) is 7.36. The van der Waals surface area contributed by atoms with Crippen molar-refractivity contribution in [2.24, 2.45) is 0 Å². The fraction of sp³-hybridized carbons (Fsp3) is 0.333. The molecule has 2 heterocycles. The lowest BCUT2D eigenvalue weighted by Crippen LogP contribution is -2.32. The lowest BCUT2D eigenvalue weighted by molar-refractivity contribution is 0.0938. The predicted molar refractivity (Wildman–Crippen MR) is 74.1 cm³/mol. The molecule has 18 heavy (non-hydrogen) atoms. The molecule has 2 N–H and O–H groups in total. The van der Waals surface area contributed by atoms with E-state index in [4.69, 9.17) is 5.11 Å². The maximum Gasteiger partial charge on any atom is 0.263 e. The van der Waals surface area contributed by atoms with Crippen molar-refractivity contribution in [3.63, 3.8) is 0 Å². The topological polar surface area (TPSA) is 62.2 Å². The summed E-state index contributed by atoms with van der Waals surface area (Å²) in [6.45, 7) is 1.94. The van der Waals surface area contributed by atoms with Gasteiger partial charge >= 0.3 is 0 Å². The second-order valence-corrected chi connectivity index (χ2v) is 5.74. The number of hydrogen-bond acceptors (Lipinski definition) is 5. The van der Waals surface area contributed by atoms with Gasteiger partial charge < -0.3 is 10.4 Å². The van der Waals surface area contributed by atoms with Crippen LogP contribution in [-0.2, 0) is 0 Å². The molecule has 0 saturated carbocycles. The van der Waals surface area contributed by atoms with Crippen LogP contribution in [-0.4, -0.2) is 28.6 Å². The lowest BCUT2D eigenvalue weighted by Gasteiger charge is -2.10. The first-order chi connectivity index (χ1) is 8.70. The molecule has 4 nitrogen and oxygen atoms in total. The number of amides is 1. The minimum absolute atomic E-state index is 0.0332. The summed E-state index contributed by atoms with van der Waals surface area (Å²) in [5.74, 6) is -0.130. The summed E-state index contributed by atoms with van der Waals surface area (Å²) in [6.07, 6.45) is 2.15. The molecule has 2 aromatic rings. The molecule has 0 radical (unpaired) electrons. The zero-order chi connectivity index (χ0) is 13.0. The Kier molecular flexibility index (Phi) is 4.46. The maximum absolute atomic E-state index is 11.9. The third kappa shape index (κ3) is 3.16. The van der Waals surface area contributed by atoms with Gasteiger partial charge in [0.2, 0.25) is 0 Å². The third-order valence-electron chi connectivity index (χ3n) is 2.44. The number of carbonyl (C=O) groups excluding carboxylic acids is 1. The van der Waals surface area contributed by atoms with Crippen LogP contribution in [0.4, 0.5) is 0 Å². The summed E-state index contributed by atoms with van der Waals surface area (Å²) in [4.78, 5) is 16.7. The van der Waals surface area contributed by atoms with Crippen LogP contribution in [0.15, 0.2) is 23.0 Å². The van der Waals surface area contributed by atoms with Gasteiger partial charge in [0.1, 0.15) is 9.88 Å². The second kappa shape index (κ2) is 6.08. The molecule has 6 heteroatoms. The van der Waals surface area contributed by atoms with E-state index < -0.39 is 0 Å². The molecule has 1 amide bonds. The van der Waals surface area contributed by atoms with Crippen molar-refractivity contribution in [2.45, 2.75) is 19.4 Å². The zero-order valence-electron chi connectivity index (χ0n) is 9.92. The van der Waals surface area contributed by atoms with Crippen molar-refractivity contribution in [3.05, 3.63) is 27.9 Å². The van der Waals surface area contributed by atoms with Crippen LogP contribution in [0.25, 0.3) is 10.6 Å². The monoisotopic (exact) mass is 282 g/mol. The van der Waals surface area contributed by atoms with Gasteiger partial charge in [-0.05, 0) is 24.8 Å². The number of hydrogen-bond donors (Lipinski definition) is 2. The van der Waals surface area contributed by atoms with Gasteiger partial charge in [-0.3, -0.25) is 4.79 Å². The molecule has 1 unspecified atom stereocenters. The Labute approximate surface area is 113 Å². The molecule has 0 aliphatic heterocycles. The van der Waals surface area contributed by atoms with Gasteiger partial charge in [0.05, 0.1) is 6.20 Å². The Morgan fingerprint density at radius 1 is 1.61 bits per heavy atom. The van der Waals surface area contributed by atoms with E-state index in [0.717, 1.165) is 10.6 Å². The Morgan fingerprint density at radius 2 is 2.44 bits per heavy atom. The van der Waals surface area contributed by atoms with Gasteiger partial charge in [0.25, 0.3) is 5.91 Å². The molecule has 0 aromatic carbocycles. The Bertz CT molecular complexity index is 508. The fourth-order valence-electron chi connectivity index (χ4n) is 1.46. The van der Waals surface area contributed by atoms with Crippen molar-refractivity contribution in [1.29, 1.82) is 0 Å². The summed E-state index contributed by atoms with van der Waals surface area (Å²) in [5.41, 5.74) is 1.05. The molecule has 1 atom stereocenters.